The van der Waals surface area contributed by atoms with Crippen LogP contribution in [0.3, 0.4) is 0 Å². The highest BCUT2D eigenvalue weighted by molar-refractivity contribution is 6.34. The minimum absolute atomic E-state index is 0.106. The van der Waals surface area contributed by atoms with E-state index in [0.717, 1.165) is 6.07 Å². The summed E-state index contributed by atoms with van der Waals surface area (Å²) in [6, 6.07) is 12.3. The molecule has 0 aromatic heterocycles. The van der Waals surface area contributed by atoms with Gasteiger partial charge in [-0.3, -0.25) is 10.2 Å². The number of benzene rings is 3. The van der Waals surface area contributed by atoms with Crippen molar-refractivity contribution >= 4 is 34.7 Å². The average Bonchev–Trinajstić information content (AvgIpc) is 2.76. The van der Waals surface area contributed by atoms with E-state index in [4.69, 9.17) is 28.5 Å². The Bertz CT molecular complexity index is 1220. The Hall–Kier alpha value is -3.65. The molecule has 0 radical (unpaired) electrons. The van der Waals surface area contributed by atoms with Gasteiger partial charge in [0.2, 0.25) is 5.91 Å². The van der Waals surface area contributed by atoms with Crippen molar-refractivity contribution in [1.82, 2.24) is 5.32 Å². The summed E-state index contributed by atoms with van der Waals surface area (Å²) in [5, 5.41) is 13.2. The molecule has 3 aromatic rings. The minimum atomic E-state index is -0.605. The zero-order valence-corrected chi connectivity index (χ0v) is 18.7. The molecule has 7 N–H and O–H groups in total. The second kappa shape index (κ2) is 10.3. The van der Waals surface area contributed by atoms with E-state index >= 15 is 4.39 Å². The van der Waals surface area contributed by atoms with Crippen molar-refractivity contribution in [2.24, 2.45) is 5.73 Å². The molecule has 0 unspecified atom stereocenters. The van der Waals surface area contributed by atoms with Gasteiger partial charge in [0.1, 0.15) is 11.7 Å². The van der Waals surface area contributed by atoms with Crippen LogP contribution in [0.4, 0.5) is 20.2 Å². The van der Waals surface area contributed by atoms with Crippen LogP contribution in [0.15, 0.2) is 48.5 Å². The highest BCUT2D eigenvalue weighted by Gasteiger charge is 2.21. The van der Waals surface area contributed by atoms with Gasteiger partial charge in [-0.25, -0.2) is 8.78 Å². The van der Waals surface area contributed by atoms with Crippen molar-refractivity contribution < 1.29 is 13.6 Å². The summed E-state index contributed by atoms with van der Waals surface area (Å²) in [6.45, 7) is 2.17. The van der Waals surface area contributed by atoms with Crippen molar-refractivity contribution in [3.63, 3.8) is 0 Å². The molecule has 1 amide bonds. The molecule has 172 valence electrons. The lowest BCUT2D eigenvalue weighted by Crippen LogP contribution is -2.26. The predicted octanol–water partition coefficient (Wildman–Crippen LogP) is 4.44. The van der Waals surface area contributed by atoms with Gasteiger partial charge in [0.15, 0.2) is 5.82 Å². The Labute approximate surface area is 195 Å². The van der Waals surface area contributed by atoms with Gasteiger partial charge in [-0.15, -0.1) is 0 Å². The van der Waals surface area contributed by atoms with E-state index in [1.807, 2.05) is 6.92 Å². The standard InChI is InChI=1S/C24H24ClF2N5O/c1-2-31-20-11-18(25)22(13-4-3-5-16(28)8-13)17(23(20)27)10-21(33)32-12-15-7-6-14(24(29)30)9-19(15)26/h3-9,11,31H,2,10,12,28H2,1H3,(H3,29,30)(H,32,33). The second-order valence-electron chi connectivity index (χ2n) is 7.40. The zero-order valence-electron chi connectivity index (χ0n) is 17.9. The first-order valence-electron chi connectivity index (χ1n) is 10.2. The van der Waals surface area contributed by atoms with E-state index in [1.54, 1.807) is 24.3 Å². The molecule has 0 spiro atoms. The molecule has 33 heavy (non-hydrogen) atoms. The quantitative estimate of drug-likeness (QED) is 0.189. The normalized spacial score (nSPS) is 10.7. The van der Waals surface area contributed by atoms with Crippen LogP contribution in [0.2, 0.25) is 5.02 Å². The van der Waals surface area contributed by atoms with Crippen LogP contribution in [0.1, 0.15) is 23.6 Å². The molecule has 0 fully saturated rings. The third-order valence-electron chi connectivity index (χ3n) is 5.03. The SMILES string of the molecule is CCNc1cc(Cl)c(-c2cccc(N)c2)c(CC(=O)NCc2ccc(C(=N)N)cc2F)c1F. The molecule has 0 aliphatic carbocycles. The molecule has 0 aliphatic rings. The summed E-state index contributed by atoms with van der Waals surface area (Å²) in [4.78, 5) is 12.7. The Kier molecular flexibility index (Phi) is 7.50. The number of anilines is 2. The van der Waals surface area contributed by atoms with E-state index in [-0.39, 0.29) is 46.2 Å². The number of carbonyl (C=O) groups excluding carboxylic acids is 1. The molecule has 9 heteroatoms. The Morgan fingerprint density at radius 2 is 1.91 bits per heavy atom. The van der Waals surface area contributed by atoms with E-state index in [2.05, 4.69) is 10.6 Å². The molecule has 6 nitrogen and oxygen atoms in total. The maximum atomic E-state index is 15.4. The van der Waals surface area contributed by atoms with Gasteiger partial charge < -0.3 is 22.1 Å². The Morgan fingerprint density at radius 1 is 1.15 bits per heavy atom. The first-order chi connectivity index (χ1) is 15.7. The van der Waals surface area contributed by atoms with Crippen molar-refractivity contribution in [3.05, 3.63) is 81.9 Å². The van der Waals surface area contributed by atoms with E-state index in [1.165, 1.54) is 18.2 Å². The van der Waals surface area contributed by atoms with E-state index in [0.29, 0.717) is 23.4 Å². The van der Waals surface area contributed by atoms with E-state index < -0.39 is 17.5 Å². The van der Waals surface area contributed by atoms with Crippen molar-refractivity contribution in [3.8, 4) is 11.1 Å². The molecular formula is C24H24ClF2N5O. The fourth-order valence-electron chi connectivity index (χ4n) is 3.45. The van der Waals surface area contributed by atoms with Gasteiger partial charge in [0.05, 0.1) is 17.1 Å². The summed E-state index contributed by atoms with van der Waals surface area (Å²) < 4.78 is 29.6. The first kappa shape index (κ1) is 24.0. The maximum absolute atomic E-state index is 15.4. The lowest BCUT2D eigenvalue weighted by Gasteiger charge is -2.17. The Morgan fingerprint density at radius 3 is 2.55 bits per heavy atom. The average molecular weight is 472 g/mol. The highest BCUT2D eigenvalue weighted by Crippen LogP contribution is 2.38. The van der Waals surface area contributed by atoms with E-state index in [9.17, 15) is 9.18 Å². The molecule has 0 atom stereocenters. The van der Waals surface area contributed by atoms with Gasteiger partial charge >= 0.3 is 0 Å². The van der Waals surface area contributed by atoms with Gasteiger partial charge in [-0.05, 0) is 36.8 Å². The topological polar surface area (TPSA) is 117 Å². The number of rotatable bonds is 8. The summed E-state index contributed by atoms with van der Waals surface area (Å²) in [5.74, 6) is -1.97. The van der Waals surface area contributed by atoms with Crippen LogP contribution in [0.25, 0.3) is 11.1 Å². The smallest absolute Gasteiger partial charge is 0.224 e. The summed E-state index contributed by atoms with van der Waals surface area (Å²) in [7, 11) is 0. The fourth-order valence-corrected chi connectivity index (χ4v) is 3.78. The van der Waals surface area contributed by atoms with Gasteiger partial charge in [-0.1, -0.05) is 35.9 Å². The number of carbonyl (C=O) groups is 1. The van der Waals surface area contributed by atoms with Crippen LogP contribution in [-0.4, -0.2) is 18.3 Å². The van der Waals surface area contributed by atoms with Crippen LogP contribution < -0.4 is 22.1 Å². The monoisotopic (exact) mass is 471 g/mol. The van der Waals surface area contributed by atoms with Crippen LogP contribution in [-0.2, 0) is 17.8 Å². The maximum Gasteiger partial charge on any atom is 0.224 e. The van der Waals surface area contributed by atoms with Crippen molar-refractivity contribution in [2.75, 3.05) is 17.6 Å². The van der Waals surface area contributed by atoms with Gasteiger partial charge in [-0.2, -0.15) is 0 Å². The predicted molar refractivity (Wildman–Crippen MR) is 128 cm³/mol. The number of amidine groups is 1. The Balaban J connectivity index is 1.90. The lowest BCUT2D eigenvalue weighted by molar-refractivity contribution is -0.120. The van der Waals surface area contributed by atoms with Crippen LogP contribution in [0.5, 0.6) is 0 Å². The van der Waals surface area contributed by atoms with Gasteiger partial charge in [0.25, 0.3) is 0 Å². The summed E-state index contributed by atoms with van der Waals surface area (Å²) in [6.07, 6.45) is -0.317. The number of nitrogens with one attached hydrogen (secondary N) is 3. The highest BCUT2D eigenvalue weighted by atomic mass is 35.5. The summed E-state index contributed by atoms with van der Waals surface area (Å²) in [5.41, 5.74) is 13.4. The van der Waals surface area contributed by atoms with Crippen molar-refractivity contribution in [2.45, 2.75) is 19.9 Å². The molecular weight excluding hydrogens is 448 g/mol. The molecule has 3 aromatic carbocycles. The zero-order chi connectivity index (χ0) is 24.1. The third kappa shape index (κ3) is 5.59. The second-order valence-corrected chi connectivity index (χ2v) is 7.81. The van der Waals surface area contributed by atoms with Crippen molar-refractivity contribution in [1.29, 1.82) is 5.41 Å². The summed E-state index contributed by atoms with van der Waals surface area (Å²) >= 11 is 6.49. The fraction of sp³-hybridized carbons (Fsp3) is 0.167. The lowest BCUT2D eigenvalue weighted by atomic mass is 9.95. The number of nitrogen functional groups attached to an aromatic ring is 2. The third-order valence-corrected chi connectivity index (χ3v) is 5.33. The van der Waals surface area contributed by atoms with Gasteiger partial charge in [0, 0.05) is 41.0 Å². The number of nitrogens with two attached hydrogens (primary N) is 2. The molecule has 0 saturated heterocycles. The first-order valence-corrected chi connectivity index (χ1v) is 10.6. The molecule has 0 bridgehead atoms. The largest absolute Gasteiger partial charge is 0.399 e. The number of hydrogen-bond acceptors (Lipinski definition) is 4. The molecule has 0 aliphatic heterocycles. The molecule has 3 rings (SSSR count). The minimum Gasteiger partial charge on any atom is -0.399 e. The number of amides is 1. The molecule has 0 heterocycles. The number of hydrogen-bond donors (Lipinski definition) is 5. The van der Waals surface area contributed by atoms with Crippen LogP contribution >= 0.6 is 11.6 Å². The number of halogens is 3. The van der Waals surface area contributed by atoms with Crippen LogP contribution in [0, 0.1) is 17.0 Å². The molecule has 0 saturated carbocycles.